The fourth-order valence-electron chi connectivity index (χ4n) is 2.69. The SMILES string of the molecule is COCCn1cnnc1CCNc1noc(-c2ccc(OC)cc2)c1C(=O)O. The number of aromatic nitrogens is 4. The minimum atomic E-state index is -1.13. The summed E-state index contributed by atoms with van der Waals surface area (Å²) in [4.78, 5) is 11.8. The highest BCUT2D eigenvalue weighted by Gasteiger charge is 2.23. The van der Waals surface area contributed by atoms with E-state index in [0.29, 0.717) is 37.4 Å². The Morgan fingerprint density at radius 2 is 2.07 bits per heavy atom. The van der Waals surface area contributed by atoms with Crippen LogP contribution in [0.4, 0.5) is 5.82 Å². The van der Waals surface area contributed by atoms with Crippen LogP contribution in [0.15, 0.2) is 35.1 Å². The molecule has 2 heterocycles. The van der Waals surface area contributed by atoms with Gasteiger partial charge in [0.25, 0.3) is 0 Å². The lowest BCUT2D eigenvalue weighted by molar-refractivity contribution is 0.0698. The van der Waals surface area contributed by atoms with Gasteiger partial charge in [-0.15, -0.1) is 10.2 Å². The highest BCUT2D eigenvalue weighted by molar-refractivity contribution is 5.99. The minimum absolute atomic E-state index is 0.0222. The molecular formula is C18H21N5O5. The van der Waals surface area contributed by atoms with Crippen molar-refractivity contribution < 1.29 is 23.9 Å². The van der Waals surface area contributed by atoms with Gasteiger partial charge in [-0.3, -0.25) is 0 Å². The Labute approximate surface area is 161 Å². The lowest BCUT2D eigenvalue weighted by Crippen LogP contribution is -2.13. The number of rotatable bonds is 10. The maximum absolute atomic E-state index is 11.8. The van der Waals surface area contributed by atoms with Crippen molar-refractivity contribution in [3.05, 3.63) is 42.0 Å². The van der Waals surface area contributed by atoms with Gasteiger partial charge in [-0.1, -0.05) is 5.16 Å². The number of methoxy groups -OCH3 is 2. The van der Waals surface area contributed by atoms with Gasteiger partial charge in [0.05, 0.1) is 13.7 Å². The number of hydrogen-bond acceptors (Lipinski definition) is 8. The van der Waals surface area contributed by atoms with Gasteiger partial charge in [0, 0.05) is 32.2 Å². The first-order valence-electron chi connectivity index (χ1n) is 8.61. The Morgan fingerprint density at radius 3 is 2.75 bits per heavy atom. The molecular weight excluding hydrogens is 366 g/mol. The predicted octanol–water partition coefficient (Wildman–Crippen LogP) is 1.94. The number of nitrogens with zero attached hydrogens (tertiary/aromatic N) is 4. The molecule has 0 saturated heterocycles. The molecule has 2 N–H and O–H groups in total. The number of carboxylic acid groups (broad SMARTS) is 1. The minimum Gasteiger partial charge on any atom is -0.497 e. The molecule has 3 rings (SSSR count). The zero-order chi connectivity index (χ0) is 19.9. The highest BCUT2D eigenvalue weighted by Crippen LogP contribution is 2.30. The number of benzene rings is 1. The molecule has 10 heteroatoms. The van der Waals surface area contributed by atoms with Crippen molar-refractivity contribution in [2.45, 2.75) is 13.0 Å². The second-order valence-corrected chi connectivity index (χ2v) is 5.88. The van der Waals surface area contributed by atoms with E-state index >= 15 is 0 Å². The first-order chi connectivity index (χ1) is 13.6. The molecule has 28 heavy (non-hydrogen) atoms. The topological polar surface area (TPSA) is 125 Å². The molecule has 148 valence electrons. The van der Waals surface area contributed by atoms with E-state index in [9.17, 15) is 9.90 Å². The molecule has 2 aromatic heterocycles. The molecule has 0 bridgehead atoms. The molecule has 3 aromatic rings. The van der Waals surface area contributed by atoms with Gasteiger partial charge in [-0.2, -0.15) is 0 Å². The first-order valence-corrected chi connectivity index (χ1v) is 8.61. The maximum Gasteiger partial charge on any atom is 0.343 e. The third kappa shape index (κ3) is 4.29. The first kappa shape index (κ1) is 19.4. The Bertz CT molecular complexity index is 919. The van der Waals surface area contributed by atoms with Crippen LogP contribution in [0.3, 0.4) is 0 Å². The van der Waals surface area contributed by atoms with Crippen molar-refractivity contribution >= 4 is 11.8 Å². The molecule has 0 aliphatic rings. The van der Waals surface area contributed by atoms with E-state index in [0.717, 1.165) is 5.82 Å². The molecule has 1 aromatic carbocycles. The van der Waals surface area contributed by atoms with Crippen LogP contribution in [-0.4, -0.2) is 58.4 Å². The number of hydrogen-bond donors (Lipinski definition) is 2. The number of aromatic carboxylic acids is 1. The van der Waals surface area contributed by atoms with Gasteiger partial charge in [0.2, 0.25) is 0 Å². The fourth-order valence-corrected chi connectivity index (χ4v) is 2.69. The molecule has 0 aliphatic heterocycles. The summed E-state index contributed by atoms with van der Waals surface area (Å²) < 4.78 is 17.4. The summed E-state index contributed by atoms with van der Waals surface area (Å²) in [5, 5.41) is 24.5. The van der Waals surface area contributed by atoms with E-state index < -0.39 is 5.97 Å². The number of carbonyl (C=O) groups is 1. The normalized spacial score (nSPS) is 10.8. The number of carboxylic acids is 1. The van der Waals surface area contributed by atoms with Crippen LogP contribution in [-0.2, 0) is 17.7 Å². The Balaban J connectivity index is 1.71. The molecule has 10 nitrogen and oxygen atoms in total. The third-order valence-corrected chi connectivity index (χ3v) is 4.13. The van der Waals surface area contributed by atoms with E-state index in [1.54, 1.807) is 44.8 Å². The van der Waals surface area contributed by atoms with Crippen molar-refractivity contribution in [1.82, 2.24) is 19.9 Å². The lowest BCUT2D eigenvalue weighted by Gasteiger charge is -2.07. The van der Waals surface area contributed by atoms with Crippen molar-refractivity contribution in [3.8, 4) is 17.1 Å². The van der Waals surface area contributed by atoms with Gasteiger partial charge < -0.3 is 29.0 Å². The van der Waals surface area contributed by atoms with E-state index in [-0.39, 0.29) is 17.1 Å². The quantitative estimate of drug-likeness (QED) is 0.537. The van der Waals surface area contributed by atoms with Crippen LogP contribution in [0.5, 0.6) is 5.75 Å². The average Bonchev–Trinajstić information content (AvgIpc) is 3.33. The summed E-state index contributed by atoms with van der Waals surface area (Å²) in [6.45, 7) is 1.61. The van der Waals surface area contributed by atoms with Crippen LogP contribution in [0, 0.1) is 0 Å². The maximum atomic E-state index is 11.8. The van der Waals surface area contributed by atoms with E-state index in [4.69, 9.17) is 14.0 Å². The second-order valence-electron chi connectivity index (χ2n) is 5.88. The summed E-state index contributed by atoms with van der Waals surface area (Å²) in [5.41, 5.74) is 0.573. The van der Waals surface area contributed by atoms with Crippen LogP contribution < -0.4 is 10.1 Å². The largest absolute Gasteiger partial charge is 0.497 e. The van der Waals surface area contributed by atoms with Crippen molar-refractivity contribution in [3.63, 3.8) is 0 Å². The van der Waals surface area contributed by atoms with Crippen molar-refractivity contribution in [2.24, 2.45) is 0 Å². The lowest BCUT2D eigenvalue weighted by atomic mass is 10.1. The fraction of sp³-hybridized carbons (Fsp3) is 0.333. The molecule has 0 radical (unpaired) electrons. The molecule has 0 amide bonds. The molecule has 0 spiro atoms. The van der Waals surface area contributed by atoms with E-state index in [1.165, 1.54) is 0 Å². The number of anilines is 1. The van der Waals surface area contributed by atoms with Gasteiger partial charge in [-0.25, -0.2) is 4.79 Å². The monoisotopic (exact) mass is 387 g/mol. The highest BCUT2D eigenvalue weighted by atomic mass is 16.5. The predicted molar refractivity (Wildman–Crippen MR) is 99.5 cm³/mol. The van der Waals surface area contributed by atoms with E-state index in [2.05, 4.69) is 20.7 Å². The molecule has 0 unspecified atom stereocenters. The van der Waals surface area contributed by atoms with Gasteiger partial charge in [-0.05, 0) is 24.3 Å². The summed E-state index contributed by atoms with van der Waals surface area (Å²) in [7, 11) is 3.19. The zero-order valence-electron chi connectivity index (χ0n) is 15.6. The van der Waals surface area contributed by atoms with Gasteiger partial charge in [0.15, 0.2) is 17.1 Å². The summed E-state index contributed by atoms with van der Waals surface area (Å²) in [6.07, 6.45) is 2.17. The van der Waals surface area contributed by atoms with Crippen molar-refractivity contribution in [1.29, 1.82) is 0 Å². The van der Waals surface area contributed by atoms with Crippen LogP contribution in [0.25, 0.3) is 11.3 Å². The van der Waals surface area contributed by atoms with Crippen LogP contribution in [0.2, 0.25) is 0 Å². The van der Waals surface area contributed by atoms with Crippen LogP contribution in [0.1, 0.15) is 16.2 Å². The molecule has 0 saturated carbocycles. The van der Waals surface area contributed by atoms with Gasteiger partial charge in [0.1, 0.15) is 17.9 Å². The smallest absolute Gasteiger partial charge is 0.343 e. The summed E-state index contributed by atoms with van der Waals surface area (Å²) in [5.74, 6) is 0.649. The van der Waals surface area contributed by atoms with Crippen LogP contribution >= 0.6 is 0 Å². The summed E-state index contributed by atoms with van der Waals surface area (Å²) in [6, 6.07) is 6.88. The molecule has 0 fully saturated rings. The van der Waals surface area contributed by atoms with E-state index in [1.807, 2.05) is 4.57 Å². The standard InChI is InChI=1S/C18H21N5O5/c1-26-10-9-23-11-20-21-14(23)7-8-19-17-15(18(24)25)16(28-22-17)12-3-5-13(27-2)6-4-12/h3-6,11H,7-10H2,1-2H3,(H,19,22)(H,24,25). The Hall–Kier alpha value is -3.40. The zero-order valence-corrected chi connectivity index (χ0v) is 15.6. The Kier molecular flexibility index (Phi) is 6.22. The average molecular weight is 387 g/mol. The van der Waals surface area contributed by atoms with Gasteiger partial charge >= 0.3 is 5.97 Å². The molecule has 0 aliphatic carbocycles. The second kappa shape index (κ2) is 9.00. The molecule has 0 atom stereocenters. The number of nitrogens with one attached hydrogen (secondary N) is 1. The summed E-state index contributed by atoms with van der Waals surface area (Å²) >= 11 is 0. The van der Waals surface area contributed by atoms with Crippen molar-refractivity contribution in [2.75, 3.05) is 32.7 Å². The number of ether oxygens (including phenoxy) is 2. The Morgan fingerprint density at radius 1 is 1.29 bits per heavy atom. The third-order valence-electron chi connectivity index (χ3n) is 4.13.